The fraction of sp³-hybridized carbons (Fsp3) is 0.688. The van der Waals surface area contributed by atoms with Crippen molar-refractivity contribution in [1.29, 1.82) is 0 Å². The van der Waals surface area contributed by atoms with E-state index < -0.39 is 0 Å². The molecule has 0 radical (unpaired) electrons. The summed E-state index contributed by atoms with van der Waals surface area (Å²) in [5.41, 5.74) is 2.03. The first-order chi connectivity index (χ1) is 11.0. The maximum absolute atomic E-state index is 12.7. The van der Waals surface area contributed by atoms with Gasteiger partial charge in [0.2, 0.25) is 11.8 Å². The van der Waals surface area contributed by atoms with Crippen LogP contribution < -0.4 is 0 Å². The molecule has 7 nitrogen and oxygen atoms in total. The van der Waals surface area contributed by atoms with E-state index in [-0.39, 0.29) is 24.3 Å². The summed E-state index contributed by atoms with van der Waals surface area (Å²) in [6.45, 7) is 6.95. The summed E-state index contributed by atoms with van der Waals surface area (Å²) in [7, 11) is 0. The highest BCUT2D eigenvalue weighted by Gasteiger charge is 2.38. The third-order valence-electron chi connectivity index (χ3n) is 4.51. The van der Waals surface area contributed by atoms with Crippen LogP contribution in [0.4, 0.5) is 0 Å². The molecule has 126 valence electrons. The Morgan fingerprint density at radius 3 is 2.91 bits per heavy atom. The molecule has 2 amide bonds. The van der Waals surface area contributed by atoms with Gasteiger partial charge in [-0.3, -0.25) is 14.3 Å². The van der Waals surface area contributed by atoms with E-state index in [9.17, 15) is 9.59 Å². The van der Waals surface area contributed by atoms with Crippen LogP contribution in [-0.4, -0.2) is 56.2 Å². The zero-order chi connectivity index (χ0) is 16.6. The molecule has 1 unspecified atom stereocenters. The minimum atomic E-state index is -0.232. The second-order valence-corrected chi connectivity index (χ2v) is 6.85. The zero-order valence-corrected chi connectivity index (χ0v) is 13.7. The highest BCUT2D eigenvalue weighted by molar-refractivity contribution is 5.89. The number of carbonyl (C=O) groups excluding carboxylic acids is 2. The summed E-state index contributed by atoms with van der Waals surface area (Å²) in [6.07, 6.45) is 2.09. The molecule has 1 N–H and O–H groups in total. The van der Waals surface area contributed by atoms with E-state index in [1.54, 1.807) is 15.8 Å². The van der Waals surface area contributed by atoms with Crippen LogP contribution in [0.1, 0.15) is 31.5 Å². The Morgan fingerprint density at radius 1 is 1.43 bits per heavy atom. The molecule has 1 fully saturated rings. The van der Waals surface area contributed by atoms with Crippen LogP contribution in [0.2, 0.25) is 0 Å². The Labute approximate surface area is 135 Å². The molecule has 0 aromatic carbocycles. The van der Waals surface area contributed by atoms with Gasteiger partial charge in [0.25, 0.3) is 0 Å². The summed E-state index contributed by atoms with van der Waals surface area (Å²) in [5, 5.41) is 13.3. The van der Waals surface area contributed by atoms with Crippen LogP contribution in [0.15, 0.2) is 6.20 Å². The number of hydrogen-bond acceptors (Lipinski definition) is 4. The maximum atomic E-state index is 12.7. The van der Waals surface area contributed by atoms with Gasteiger partial charge in [0, 0.05) is 31.6 Å². The Kier molecular flexibility index (Phi) is 4.39. The SMILES string of the molecule is CC(C)CN1CC(C(=O)N2Cc3cnn(CCO)c3C2)CC1=O. The van der Waals surface area contributed by atoms with Crippen LogP contribution >= 0.6 is 0 Å². The molecule has 0 saturated carbocycles. The number of carbonyl (C=O) groups is 2. The number of amides is 2. The van der Waals surface area contributed by atoms with Crippen LogP contribution in [-0.2, 0) is 29.2 Å². The molecule has 2 aliphatic rings. The summed E-state index contributed by atoms with van der Waals surface area (Å²) in [4.78, 5) is 28.4. The van der Waals surface area contributed by atoms with E-state index in [1.165, 1.54) is 0 Å². The van der Waals surface area contributed by atoms with Crippen molar-refractivity contribution in [2.75, 3.05) is 19.7 Å². The van der Waals surface area contributed by atoms with Gasteiger partial charge < -0.3 is 14.9 Å². The average Bonchev–Trinajstić information content (AvgIpc) is 3.15. The highest BCUT2D eigenvalue weighted by Crippen LogP contribution is 2.27. The number of aliphatic hydroxyl groups excluding tert-OH is 1. The number of rotatable bonds is 5. The van der Waals surface area contributed by atoms with Gasteiger partial charge in [-0.2, -0.15) is 5.10 Å². The Hall–Kier alpha value is -1.89. The number of nitrogens with zero attached hydrogens (tertiary/aromatic N) is 4. The van der Waals surface area contributed by atoms with Gasteiger partial charge in [-0.15, -0.1) is 0 Å². The molecule has 1 aromatic rings. The van der Waals surface area contributed by atoms with Crippen molar-refractivity contribution in [3.63, 3.8) is 0 Å². The molecule has 0 spiro atoms. The second kappa shape index (κ2) is 6.31. The fourth-order valence-corrected chi connectivity index (χ4v) is 3.46. The van der Waals surface area contributed by atoms with Crippen LogP contribution in [0.5, 0.6) is 0 Å². The third-order valence-corrected chi connectivity index (χ3v) is 4.51. The molecule has 3 heterocycles. The van der Waals surface area contributed by atoms with Crippen LogP contribution in [0.25, 0.3) is 0 Å². The van der Waals surface area contributed by atoms with Crippen molar-refractivity contribution in [2.45, 2.75) is 39.9 Å². The highest BCUT2D eigenvalue weighted by atomic mass is 16.3. The van der Waals surface area contributed by atoms with E-state index >= 15 is 0 Å². The lowest BCUT2D eigenvalue weighted by Gasteiger charge is -2.21. The first-order valence-electron chi connectivity index (χ1n) is 8.20. The quantitative estimate of drug-likeness (QED) is 0.842. The number of likely N-dealkylation sites (tertiary alicyclic amines) is 1. The van der Waals surface area contributed by atoms with Crippen LogP contribution in [0.3, 0.4) is 0 Å². The third kappa shape index (κ3) is 3.10. The molecule has 2 aliphatic heterocycles. The van der Waals surface area contributed by atoms with Crippen molar-refractivity contribution in [2.24, 2.45) is 11.8 Å². The molecule has 3 rings (SSSR count). The second-order valence-electron chi connectivity index (χ2n) is 6.85. The van der Waals surface area contributed by atoms with Gasteiger partial charge in [0.1, 0.15) is 0 Å². The normalized spacial score (nSPS) is 20.7. The predicted octanol–water partition coefficient (Wildman–Crippen LogP) is 0.222. The van der Waals surface area contributed by atoms with Crippen molar-refractivity contribution < 1.29 is 14.7 Å². The van der Waals surface area contributed by atoms with Crippen molar-refractivity contribution >= 4 is 11.8 Å². The van der Waals surface area contributed by atoms with E-state index in [0.29, 0.717) is 45.1 Å². The number of aliphatic hydroxyl groups is 1. The molecule has 0 bridgehead atoms. The average molecular weight is 320 g/mol. The maximum Gasteiger partial charge on any atom is 0.228 e. The van der Waals surface area contributed by atoms with Gasteiger partial charge >= 0.3 is 0 Å². The van der Waals surface area contributed by atoms with E-state index in [1.807, 2.05) is 4.90 Å². The minimum Gasteiger partial charge on any atom is -0.394 e. The van der Waals surface area contributed by atoms with Crippen molar-refractivity contribution in [3.8, 4) is 0 Å². The molecule has 1 saturated heterocycles. The van der Waals surface area contributed by atoms with Gasteiger partial charge in [-0.05, 0) is 5.92 Å². The standard InChI is InChI=1S/C16H24N4O3/c1-11(2)7-18-8-12(5-15(18)22)16(23)19-9-13-6-17-20(3-4-21)14(13)10-19/h6,11-12,21H,3-5,7-10H2,1-2H3. The first kappa shape index (κ1) is 16.0. The minimum absolute atomic E-state index is 0.0311. The molecular weight excluding hydrogens is 296 g/mol. The largest absolute Gasteiger partial charge is 0.394 e. The molecule has 23 heavy (non-hydrogen) atoms. The lowest BCUT2D eigenvalue weighted by atomic mass is 10.1. The summed E-state index contributed by atoms with van der Waals surface area (Å²) in [5.74, 6) is 0.314. The number of fused-ring (bicyclic) bond motifs is 1. The molecule has 0 aliphatic carbocycles. The van der Waals surface area contributed by atoms with Crippen LogP contribution in [0, 0.1) is 11.8 Å². The monoisotopic (exact) mass is 320 g/mol. The first-order valence-corrected chi connectivity index (χ1v) is 8.20. The summed E-state index contributed by atoms with van der Waals surface area (Å²) >= 11 is 0. The van der Waals surface area contributed by atoms with Gasteiger partial charge in [-0.25, -0.2) is 0 Å². The zero-order valence-electron chi connectivity index (χ0n) is 13.7. The van der Waals surface area contributed by atoms with Crippen molar-refractivity contribution in [1.82, 2.24) is 19.6 Å². The molecule has 1 atom stereocenters. The molecule has 7 heteroatoms. The van der Waals surface area contributed by atoms with E-state index in [4.69, 9.17) is 5.11 Å². The molecular formula is C16H24N4O3. The Morgan fingerprint density at radius 2 is 2.22 bits per heavy atom. The van der Waals surface area contributed by atoms with Gasteiger partial charge in [0.15, 0.2) is 0 Å². The lowest BCUT2D eigenvalue weighted by molar-refractivity contribution is -0.136. The summed E-state index contributed by atoms with van der Waals surface area (Å²) < 4.78 is 1.76. The van der Waals surface area contributed by atoms with Crippen molar-refractivity contribution in [3.05, 3.63) is 17.5 Å². The summed E-state index contributed by atoms with van der Waals surface area (Å²) in [6, 6.07) is 0. The topological polar surface area (TPSA) is 78.7 Å². The smallest absolute Gasteiger partial charge is 0.228 e. The predicted molar refractivity (Wildman–Crippen MR) is 83.1 cm³/mol. The number of aromatic nitrogens is 2. The molecule has 1 aromatic heterocycles. The Bertz CT molecular complexity index is 610. The Balaban J connectivity index is 1.63. The van der Waals surface area contributed by atoms with Gasteiger partial charge in [0.05, 0.1) is 37.5 Å². The lowest BCUT2D eigenvalue weighted by Crippen LogP contribution is -2.35. The van der Waals surface area contributed by atoms with Gasteiger partial charge in [-0.1, -0.05) is 13.8 Å². The van der Waals surface area contributed by atoms with E-state index in [2.05, 4.69) is 18.9 Å². The number of hydrogen-bond donors (Lipinski definition) is 1. The van der Waals surface area contributed by atoms with E-state index in [0.717, 1.165) is 11.3 Å². The fourth-order valence-electron chi connectivity index (χ4n) is 3.46.